The minimum atomic E-state index is -3.70. The number of carbonyl (C=O) groups is 1. The van der Waals surface area contributed by atoms with Gasteiger partial charge in [0.2, 0.25) is 15.9 Å². The monoisotopic (exact) mass is 424 g/mol. The van der Waals surface area contributed by atoms with E-state index in [4.69, 9.17) is 16.3 Å². The van der Waals surface area contributed by atoms with E-state index in [2.05, 4.69) is 0 Å². The normalized spacial score (nSPS) is 12.4. The molecule has 0 aliphatic rings. The van der Waals surface area contributed by atoms with Crippen molar-refractivity contribution in [3.8, 4) is 5.75 Å². The molecule has 2 rings (SSSR count). The topological polar surface area (TPSA) is 66.9 Å². The van der Waals surface area contributed by atoms with Crippen LogP contribution in [-0.2, 0) is 21.4 Å². The van der Waals surface area contributed by atoms with Crippen LogP contribution in [-0.4, -0.2) is 45.7 Å². The summed E-state index contributed by atoms with van der Waals surface area (Å²) in [5.74, 6) is 0.406. The number of amides is 1. The van der Waals surface area contributed by atoms with E-state index in [1.54, 1.807) is 39.3 Å². The number of carbonyl (C=O) groups excluding carboxylic acids is 1. The van der Waals surface area contributed by atoms with Gasteiger partial charge in [0, 0.05) is 18.6 Å². The Kier molecular flexibility index (Phi) is 6.96. The molecule has 8 heteroatoms. The predicted octanol–water partition coefficient (Wildman–Crippen LogP) is 3.47. The van der Waals surface area contributed by atoms with Crippen molar-refractivity contribution in [1.82, 2.24) is 4.90 Å². The maximum absolute atomic E-state index is 12.9. The number of nitrogens with zero attached hydrogens (tertiary/aromatic N) is 2. The Labute approximate surface area is 171 Å². The smallest absolute Gasteiger partial charge is 0.246 e. The zero-order chi connectivity index (χ0) is 21.1. The van der Waals surface area contributed by atoms with Crippen molar-refractivity contribution in [2.24, 2.45) is 0 Å². The minimum Gasteiger partial charge on any atom is -0.497 e. The maximum atomic E-state index is 12.9. The summed E-state index contributed by atoms with van der Waals surface area (Å²) >= 11 is 6.16. The Bertz CT molecular complexity index is 945. The summed E-state index contributed by atoms with van der Waals surface area (Å²) in [5, 5.41) is 0.442. The first-order valence-electron chi connectivity index (χ1n) is 8.68. The second kappa shape index (κ2) is 8.84. The number of aryl methyl sites for hydroxylation is 1. The zero-order valence-corrected chi connectivity index (χ0v) is 18.2. The number of halogens is 1. The molecule has 0 saturated carbocycles. The van der Waals surface area contributed by atoms with E-state index in [1.165, 1.54) is 4.90 Å². The SMILES string of the molecule is COc1ccc(CN(C)C(=O)[C@@H](C)N(c2ccc(C)c(Cl)c2)S(C)(=O)=O)cc1. The standard InChI is InChI=1S/C20H25ClN2O4S/c1-14-6-9-17(12-19(14)21)23(28(5,25)26)15(2)20(24)22(3)13-16-7-10-18(27-4)11-8-16/h6-12,15H,13H2,1-5H3/t15-/m1/s1. The minimum absolute atomic E-state index is 0.321. The Morgan fingerprint density at radius 2 is 1.79 bits per heavy atom. The molecule has 28 heavy (non-hydrogen) atoms. The van der Waals surface area contributed by atoms with E-state index in [9.17, 15) is 13.2 Å². The van der Waals surface area contributed by atoms with Gasteiger partial charge >= 0.3 is 0 Å². The van der Waals surface area contributed by atoms with E-state index in [1.807, 2.05) is 31.2 Å². The number of likely N-dealkylation sites (N-methyl/N-ethyl adjacent to an activating group) is 1. The van der Waals surface area contributed by atoms with E-state index < -0.39 is 16.1 Å². The summed E-state index contributed by atoms with van der Waals surface area (Å²) in [5.41, 5.74) is 2.10. The van der Waals surface area contributed by atoms with Crippen LogP contribution in [0.5, 0.6) is 5.75 Å². The molecule has 0 heterocycles. The molecule has 0 aliphatic heterocycles. The average molecular weight is 425 g/mol. The fraction of sp³-hybridized carbons (Fsp3) is 0.350. The van der Waals surface area contributed by atoms with Gasteiger partial charge in [0.05, 0.1) is 19.1 Å². The Morgan fingerprint density at radius 1 is 1.18 bits per heavy atom. The lowest BCUT2D eigenvalue weighted by Crippen LogP contribution is -2.48. The largest absolute Gasteiger partial charge is 0.497 e. The van der Waals surface area contributed by atoms with Crippen LogP contribution >= 0.6 is 11.6 Å². The van der Waals surface area contributed by atoms with Gasteiger partial charge in [0.15, 0.2) is 0 Å². The molecule has 0 aromatic heterocycles. The number of ether oxygens (including phenoxy) is 1. The second-order valence-corrected chi connectivity index (χ2v) is 8.98. The lowest BCUT2D eigenvalue weighted by atomic mass is 10.2. The van der Waals surface area contributed by atoms with Crippen molar-refractivity contribution in [2.45, 2.75) is 26.4 Å². The van der Waals surface area contributed by atoms with Crippen LogP contribution < -0.4 is 9.04 Å². The lowest BCUT2D eigenvalue weighted by Gasteiger charge is -2.31. The summed E-state index contributed by atoms with van der Waals surface area (Å²) in [6, 6.07) is 11.4. The molecule has 1 amide bonds. The van der Waals surface area contributed by atoms with Crippen molar-refractivity contribution in [3.63, 3.8) is 0 Å². The molecule has 0 bridgehead atoms. The highest BCUT2D eigenvalue weighted by Crippen LogP contribution is 2.27. The number of hydrogen-bond acceptors (Lipinski definition) is 4. The number of methoxy groups -OCH3 is 1. The lowest BCUT2D eigenvalue weighted by molar-refractivity contribution is -0.131. The molecule has 0 fully saturated rings. The van der Waals surface area contributed by atoms with Gasteiger partial charge in [-0.25, -0.2) is 8.42 Å². The Morgan fingerprint density at radius 3 is 2.29 bits per heavy atom. The van der Waals surface area contributed by atoms with Crippen LogP contribution in [0, 0.1) is 6.92 Å². The van der Waals surface area contributed by atoms with Crippen LogP contribution in [0.3, 0.4) is 0 Å². The molecular formula is C20H25ClN2O4S. The molecule has 2 aromatic rings. The fourth-order valence-electron chi connectivity index (χ4n) is 2.92. The van der Waals surface area contributed by atoms with Gasteiger partial charge in [-0.15, -0.1) is 0 Å². The maximum Gasteiger partial charge on any atom is 0.246 e. The highest BCUT2D eigenvalue weighted by Gasteiger charge is 2.31. The summed E-state index contributed by atoms with van der Waals surface area (Å²) < 4.78 is 31.1. The molecule has 6 nitrogen and oxygen atoms in total. The first kappa shape index (κ1) is 22.0. The van der Waals surface area contributed by atoms with Crippen molar-refractivity contribution in [3.05, 3.63) is 58.6 Å². The average Bonchev–Trinajstić information content (AvgIpc) is 2.63. The Balaban J connectivity index is 2.25. The second-order valence-electron chi connectivity index (χ2n) is 6.71. The van der Waals surface area contributed by atoms with Crippen molar-refractivity contribution >= 4 is 33.2 Å². The van der Waals surface area contributed by atoms with Gasteiger partial charge in [-0.2, -0.15) is 0 Å². The van der Waals surface area contributed by atoms with Gasteiger partial charge in [0.1, 0.15) is 11.8 Å². The number of anilines is 1. The molecule has 0 spiro atoms. The zero-order valence-electron chi connectivity index (χ0n) is 16.6. The molecule has 1 atom stereocenters. The quantitative estimate of drug-likeness (QED) is 0.682. The van der Waals surface area contributed by atoms with Gasteiger partial charge in [0.25, 0.3) is 0 Å². The van der Waals surface area contributed by atoms with Crippen molar-refractivity contribution in [2.75, 3.05) is 24.7 Å². The van der Waals surface area contributed by atoms with Crippen LogP contribution in [0.4, 0.5) is 5.69 Å². The van der Waals surface area contributed by atoms with Gasteiger partial charge in [-0.05, 0) is 49.2 Å². The molecule has 0 radical (unpaired) electrons. The molecule has 0 aliphatic carbocycles. The predicted molar refractivity (Wildman–Crippen MR) is 112 cm³/mol. The highest BCUT2D eigenvalue weighted by molar-refractivity contribution is 7.92. The van der Waals surface area contributed by atoms with Crippen LogP contribution in [0.25, 0.3) is 0 Å². The number of sulfonamides is 1. The van der Waals surface area contributed by atoms with Crippen molar-refractivity contribution < 1.29 is 17.9 Å². The van der Waals surface area contributed by atoms with Gasteiger partial charge in [-0.1, -0.05) is 29.8 Å². The van der Waals surface area contributed by atoms with Crippen molar-refractivity contribution in [1.29, 1.82) is 0 Å². The molecule has 0 saturated heterocycles. The summed E-state index contributed by atoms with van der Waals surface area (Å²) in [4.78, 5) is 14.4. The summed E-state index contributed by atoms with van der Waals surface area (Å²) in [6.45, 7) is 3.75. The molecular weight excluding hydrogens is 400 g/mol. The molecule has 152 valence electrons. The number of rotatable bonds is 7. The van der Waals surface area contributed by atoms with E-state index >= 15 is 0 Å². The van der Waals surface area contributed by atoms with Gasteiger partial charge < -0.3 is 9.64 Å². The molecule has 2 aromatic carbocycles. The third kappa shape index (κ3) is 5.17. The Hall–Kier alpha value is -2.25. The van der Waals surface area contributed by atoms with Gasteiger partial charge in [-0.3, -0.25) is 9.10 Å². The van der Waals surface area contributed by atoms with Crippen LogP contribution in [0.1, 0.15) is 18.1 Å². The van der Waals surface area contributed by atoms with E-state index in [-0.39, 0.29) is 5.91 Å². The van der Waals surface area contributed by atoms with Crippen LogP contribution in [0.15, 0.2) is 42.5 Å². The summed E-state index contributed by atoms with van der Waals surface area (Å²) in [6.07, 6.45) is 1.08. The first-order chi connectivity index (χ1) is 13.0. The number of benzene rings is 2. The number of hydrogen-bond donors (Lipinski definition) is 0. The molecule has 0 N–H and O–H groups in total. The molecule has 0 unspecified atom stereocenters. The summed E-state index contributed by atoms with van der Waals surface area (Å²) in [7, 11) is -0.465. The fourth-order valence-corrected chi connectivity index (χ4v) is 4.26. The third-order valence-corrected chi connectivity index (χ3v) is 6.08. The van der Waals surface area contributed by atoms with Crippen LogP contribution in [0.2, 0.25) is 5.02 Å². The van der Waals surface area contributed by atoms with E-state index in [0.29, 0.717) is 17.3 Å². The van der Waals surface area contributed by atoms with E-state index in [0.717, 1.165) is 27.4 Å². The third-order valence-electron chi connectivity index (χ3n) is 4.43. The highest BCUT2D eigenvalue weighted by atomic mass is 35.5. The first-order valence-corrected chi connectivity index (χ1v) is 10.9.